The number of carbonyl (C=O) groups excluding carboxylic acids is 2. The van der Waals surface area contributed by atoms with Gasteiger partial charge in [-0.3, -0.25) is 9.59 Å². The number of carbonyl (C=O) groups is 2. The summed E-state index contributed by atoms with van der Waals surface area (Å²) in [5.41, 5.74) is 1.45. The van der Waals surface area contributed by atoms with Crippen LogP contribution in [0, 0.1) is 17.2 Å². The van der Waals surface area contributed by atoms with Crippen molar-refractivity contribution in [3.05, 3.63) is 42.6 Å². The number of fused-ring (bicyclic) bond motifs is 1. The van der Waals surface area contributed by atoms with E-state index in [0.29, 0.717) is 43.0 Å². The number of ether oxygens (including phenoxy) is 2. The summed E-state index contributed by atoms with van der Waals surface area (Å²) in [6.07, 6.45) is 2.91. The topological polar surface area (TPSA) is 105 Å². The minimum atomic E-state index is -1.24. The standard InChI is InChI=1S/C22H24N4O4/c1-3-12-30-22(28)16(13-23)19-20(25-18-10-6-5-9-17(18)24-19)26-11-7-8-15(14-26)21(27)29-4-2/h3,5-6,9-10,15-16H,1,4,7-8,11-12,14H2,2H3. The van der Waals surface area contributed by atoms with Crippen LogP contribution in [0.3, 0.4) is 0 Å². The first-order valence-electron chi connectivity index (χ1n) is 9.94. The molecule has 1 saturated heterocycles. The fourth-order valence-corrected chi connectivity index (χ4v) is 3.50. The van der Waals surface area contributed by atoms with Crippen LogP contribution in [0.25, 0.3) is 11.0 Å². The van der Waals surface area contributed by atoms with Gasteiger partial charge in [0.2, 0.25) is 0 Å². The van der Waals surface area contributed by atoms with Crippen molar-refractivity contribution < 1.29 is 19.1 Å². The van der Waals surface area contributed by atoms with Gasteiger partial charge in [0.25, 0.3) is 0 Å². The van der Waals surface area contributed by atoms with Gasteiger partial charge in [0.05, 0.1) is 29.6 Å². The number of piperidine rings is 1. The van der Waals surface area contributed by atoms with Gasteiger partial charge in [0, 0.05) is 13.1 Å². The van der Waals surface area contributed by atoms with Gasteiger partial charge in [0.1, 0.15) is 12.3 Å². The van der Waals surface area contributed by atoms with E-state index in [4.69, 9.17) is 14.5 Å². The number of anilines is 1. The lowest BCUT2D eigenvalue weighted by Crippen LogP contribution is -2.40. The quantitative estimate of drug-likeness (QED) is 0.509. The molecule has 2 aromatic rings. The number of benzene rings is 1. The molecule has 2 heterocycles. The maximum absolute atomic E-state index is 12.5. The van der Waals surface area contributed by atoms with Gasteiger partial charge in [-0.25, -0.2) is 9.97 Å². The summed E-state index contributed by atoms with van der Waals surface area (Å²) in [7, 11) is 0. The van der Waals surface area contributed by atoms with Crippen LogP contribution in [0.1, 0.15) is 31.4 Å². The Hall–Kier alpha value is -3.47. The molecule has 2 atom stereocenters. The summed E-state index contributed by atoms with van der Waals surface area (Å²) < 4.78 is 10.3. The predicted octanol–water partition coefficient (Wildman–Crippen LogP) is 2.75. The van der Waals surface area contributed by atoms with E-state index in [0.717, 1.165) is 6.42 Å². The fraction of sp³-hybridized carbons (Fsp3) is 0.409. The largest absolute Gasteiger partial charge is 0.466 e. The van der Waals surface area contributed by atoms with Crippen molar-refractivity contribution in [1.82, 2.24) is 9.97 Å². The molecule has 0 spiro atoms. The third kappa shape index (κ3) is 4.57. The summed E-state index contributed by atoms with van der Waals surface area (Å²) in [5, 5.41) is 9.72. The van der Waals surface area contributed by atoms with Gasteiger partial charge in [-0.05, 0) is 31.9 Å². The Morgan fingerprint density at radius 1 is 1.33 bits per heavy atom. The van der Waals surface area contributed by atoms with E-state index >= 15 is 0 Å². The molecule has 30 heavy (non-hydrogen) atoms. The molecule has 8 heteroatoms. The lowest BCUT2D eigenvalue weighted by atomic mass is 9.97. The van der Waals surface area contributed by atoms with Crippen LogP contribution in [0.4, 0.5) is 5.82 Å². The summed E-state index contributed by atoms with van der Waals surface area (Å²) in [5.74, 6) is -2.07. The van der Waals surface area contributed by atoms with Crippen LogP contribution in [0.5, 0.6) is 0 Å². The average Bonchev–Trinajstić information content (AvgIpc) is 2.78. The maximum atomic E-state index is 12.5. The summed E-state index contributed by atoms with van der Waals surface area (Å²) >= 11 is 0. The molecule has 156 valence electrons. The zero-order chi connectivity index (χ0) is 21.5. The molecular formula is C22H24N4O4. The minimum Gasteiger partial charge on any atom is -0.466 e. The number of hydrogen-bond donors (Lipinski definition) is 0. The number of nitriles is 1. The van der Waals surface area contributed by atoms with Crippen molar-refractivity contribution in [2.24, 2.45) is 5.92 Å². The number of para-hydroxylation sites is 2. The fourth-order valence-electron chi connectivity index (χ4n) is 3.50. The van der Waals surface area contributed by atoms with E-state index < -0.39 is 11.9 Å². The highest BCUT2D eigenvalue weighted by atomic mass is 16.5. The Labute approximate surface area is 175 Å². The number of hydrogen-bond acceptors (Lipinski definition) is 8. The second kappa shape index (κ2) is 9.83. The van der Waals surface area contributed by atoms with Crippen molar-refractivity contribution in [1.29, 1.82) is 5.26 Å². The smallest absolute Gasteiger partial charge is 0.330 e. The van der Waals surface area contributed by atoms with Gasteiger partial charge in [0.15, 0.2) is 11.7 Å². The number of esters is 2. The molecule has 0 aliphatic carbocycles. The van der Waals surface area contributed by atoms with Gasteiger partial charge in [-0.15, -0.1) is 0 Å². The second-order valence-corrected chi connectivity index (χ2v) is 6.94. The van der Waals surface area contributed by atoms with Crippen molar-refractivity contribution in [2.75, 3.05) is 31.2 Å². The Balaban J connectivity index is 2.02. The third-order valence-electron chi connectivity index (χ3n) is 4.90. The lowest BCUT2D eigenvalue weighted by molar-refractivity contribution is -0.148. The molecule has 0 amide bonds. The maximum Gasteiger partial charge on any atom is 0.330 e. The van der Waals surface area contributed by atoms with Crippen LogP contribution in [0.15, 0.2) is 36.9 Å². The predicted molar refractivity (Wildman–Crippen MR) is 111 cm³/mol. The molecule has 0 saturated carbocycles. The molecule has 1 aliphatic heterocycles. The van der Waals surface area contributed by atoms with E-state index in [1.807, 2.05) is 29.2 Å². The van der Waals surface area contributed by atoms with Crippen LogP contribution in [0.2, 0.25) is 0 Å². The normalized spacial score (nSPS) is 17.1. The molecule has 2 unspecified atom stereocenters. The molecule has 0 N–H and O–H groups in total. The first kappa shape index (κ1) is 21.2. The van der Waals surface area contributed by atoms with Gasteiger partial charge < -0.3 is 14.4 Å². The number of rotatable bonds is 7. The zero-order valence-electron chi connectivity index (χ0n) is 16.9. The van der Waals surface area contributed by atoms with Crippen molar-refractivity contribution in [2.45, 2.75) is 25.7 Å². The van der Waals surface area contributed by atoms with E-state index in [2.05, 4.69) is 11.6 Å². The van der Waals surface area contributed by atoms with Gasteiger partial charge >= 0.3 is 11.9 Å². The van der Waals surface area contributed by atoms with Crippen molar-refractivity contribution in [3.8, 4) is 6.07 Å². The van der Waals surface area contributed by atoms with Gasteiger partial charge in [-0.1, -0.05) is 24.8 Å². The molecule has 1 aromatic heterocycles. The summed E-state index contributed by atoms with van der Waals surface area (Å²) in [6.45, 7) is 6.64. The van der Waals surface area contributed by atoms with Crippen molar-refractivity contribution in [3.63, 3.8) is 0 Å². The lowest BCUT2D eigenvalue weighted by Gasteiger charge is -2.33. The van der Waals surface area contributed by atoms with Crippen LogP contribution in [-0.4, -0.2) is 48.2 Å². The summed E-state index contributed by atoms with van der Waals surface area (Å²) in [6, 6.07) is 9.25. The molecule has 0 radical (unpaired) electrons. The second-order valence-electron chi connectivity index (χ2n) is 6.94. The molecule has 8 nitrogen and oxygen atoms in total. The van der Waals surface area contributed by atoms with Crippen LogP contribution >= 0.6 is 0 Å². The van der Waals surface area contributed by atoms with Gasteiger partial charge in [-0.2, -0.15) is 5.26 Å². The highest BCUT2D eigenvalue weighted by Gasteiger charge is 2.33. The van der Waals surface area contributed by atoms with Crippen LogP contribution < -0.4 is 4.90 Å². The Bertz CT molecular complexity index is 985. The Morgan fingerprint density at radius 3 is 2.73 bits per heavy atom. The van der Waals surface area contributed by atoms with E-state index in [-0.39, 0.29) is 24.2 Å². The average molecular weight is 408 g/mol. The zero-order valence-corrected chi connectivity index (χ0v) is 16.9. The highest BCUT2D eigenvalue weighted by molar-refractivity contribution is 5.85. The minimum absolute atomic E-state index is 0.00199. The monoisotopic (exact) mass is 408 g/mol. The third-order valence-corrected chi connectivity index (χ3v) is 4.90. The molecule has 3 rings (SSSR count). The van der Waals surface area contributed by atoms with Crippen LogP contribution in [-0.2, 0) is 19.1 Å². The first-order valence-corrected chi connectivity index (χ1v) is 9.94. The molecule has 0 bridgehead atoms. The number of nitrogens with zero attached hydrogens (tertiary/aromatic N) is 4. The molecule has 1 fully saturated rings. The molecular weight excluding hydrogens is 384 g/mol. The SMILES string of the molecule is C=CCOC(=O)C(C#N)c1nc2ccccc2nc1N1CCCC(C(=O)OCC)C1. The molecule has 1 aromatic carbocycles. The Kier molecular flexibility index (Phi) is 6.96. The highest BCUT2D eigenvalue weighted by Crippen LogP contribution is 2.31. The first-order chi connectivity index (χ1) is 14.6. The van der Waals surface area contributed by atoms with E-state index in [1.165, 1.54) is 6.08 Å². The van der Waals surface area contributed by atoms with Crippen molar-refractivity contribution >= 4 is 28.8 Å². The summed E-state index contributed by atoms with van der Waals surface area (Å²) in [4.78, 5) is 36.0. The Morgan fingerprint density at radius 2 is 2.07 bits per heavy atom. The van der Waals surface area contributed by atoms with E-state index in [9.17, 15) is 14.9 Å². The molecule has 1 aliphatic rings. The number of aromatic nitrogens is 2. The van der Waals surface area contributed by atoms with E-state index in [1.54, 1.807) is 13.0 Å².